The summed E-state index contributed by atoms with van der Waals surface area (Å²) in [6, 6.07) is 15.3. The lowest BCUT2D eigenvalue weighted by molar-refractivity contribution is -0.113. The summed E-state index contributed by atoms with van der Waals surface area (Å²) >= 11 is 1.32. The van der Waals surface area contributed by atoms with Gasteiger partial charge in [-0.1, -0.05) is 55.4 Å². The maximum absolute atomic E-state index is 12.4. The van der Waals surface area contributed by atoms with E-state index in [1.165, 1.54) is 17.3 Å². The van der Waals surface area contributed by atoms with Gasteiger partial charge in [-0.15, -0.1) is 10.2 Å². The van der Waals surface area contributed by atoms with Crippen molar-refractivity contribution in [3.63, 3.8) is 0 Å². The van der Waals surface area contributed by atoms with Crippen molar-refractivity contribution in [2.45, 2.75) is 51.9 Å². The number of aryl methyl sites for hydroxylation is 1. The second kappa shape index (κ2) is 10.9. The van der Waals surface area contributed by atoms with E-state index in [1.54, 1.807) is 12.1 Å². The average molecular weight is 452 g/mol. The van der Waals surface area contributed by atoms with Gasteiger partial charge in [0.1, 0.15) is 0 Å². The first-order chi connectivity index (χ1) is 15.4. The van der Waals surface area contributed by atoms with Crippen LogP contribution in [-0.4, -0.2) is 32.3 Å². The molecule has 1 aromatic heterocycles. The molecule has 2 aromatic carbocycles. The van der Waals surface area contributed by atoms with Crippen LogP contribution in [0.5, 0.6) is 0 Å². The smallest absolute Gasteiger partial charge is 0.251 e. The molecule has 7 nitrogen and oxygen atoms in total. The van der Waals surface area contributed by atoms with E-state index in [0.29, 0.717) is 29.0 Å². The minimum Gasteiger partial charge on any atom is -0.345 e. The second-order valence-electron chi connectivity index (χ2n) is 7.81. The quantitative estimate of drug-likeness (QED) is 0.471. The van der Waals surface area contributed by atoms with Gasteiger partial charge in [0.15, 0.2) is 11.0 Å². The van der Waals surface area contributed by atoms with Gasteiger partial charge in [-0.2, -0.15) is 0 Å². The molecule has 32 heavy (non-hydrogen) atoms. The normalized spacial score (nSPS) is 10.9. The van der Waals surface area contributed by atoms with Gasteiger partial charge in [0.2, 0.25) is 5.91 Å². The van der Waals surface area contributed by atoms with Crippen LogP contribution in [-0.2, 0) is 17.9 Å². The maximum atomic E-state index is 12.4. The van der Waals surface area contributed by atoms with Crippen LogP contribution >= 0.6 is 11.8 Å². The molecule has 0 spiro atoms. The second-order valence-corrected chi connectivity index (χ2v) is 8.75. The maximum Gasteiger partial charge on any atom is 0.251 e. The molecule has 0 bridgehead atoms. The molecule has 2 N–H and O–H groups in total. The number of hydrogen-bond acceptors (Lipinski definition) is 5. The van der Waals surface area contributed by atoms with Crippen molar-refractivity contribution in [2.24, 2.45) is 0 Å². The van der Waals surface area contributed by atoms with Crippen molar-refractivity contribution in [3.05, 3.63) is 71.0 Å². The Labute approximate surface area is 193 Å². The largest absolute Gasteiger partial charge is 0.345 e. The summed E-state index contributed by atoms with van der Waals surface area (Å²) in [5.41, 5.74) is 3.71. The zero-order valence-electron chi connectivity index (χ0n) is 18.9. The molecule has 0 aliphatic carbocycles. The molecule has 168 valence electrons. The lowest BCUT2D eigenvalue weighted by Gasteiger charge is -2.10. The van der Waals surface area contributed by atoms with E-state index in [2.05, 4.69) is 34.7 Å². The van der Waals surface area contributed by atoms with Crippen LogP contribution in [0.2, 0.25) is 0 Å². The van der Waals surface area contributed by atoms with E-state index in [-0.39, 0.29) is 24.1 Å². The minimum atomic E-state index is -0.160. The molecule has 0 aliphatic heterocycles. The van der Waals surface area contributed by atoms with Crippen molar-refractivity contribution >= 4 is 29.3 Å². The molecule has 3 aromatic rings. The van der Waals surface area contributed by atoms with Crippen LogP contribution < -0.4 is 10.6 Å². The molecule has 0 radical (unpaired) electrons. The highest BCUT2D eigenvalue weighted by atomic mass is 32.2. The van der Waals surface area contributed by atoms with E-state index in [4.69, 9.17) is 0 Å². The first-order valence-electron chi connectivity index (χ1n) is 10.7. The Hall–Kier alpha value is -3.13. The van der Waals surface area contributed by atoms with E-state index < -0.39 is 0 Å². The average Bonchev–Trinajstić information content (AvgIpc) is 3.18. The zero-order chi connectivity index (χ0) is 23.1. The number of nitrogens with zero attached hydrogens (tertiary/aromatic N) is 3. The first-order valence-corrected chi connectivity index (χ1v) is 11.7. The number of aromatic nitrogens is 3. The van der Waals surface area contributed by atoms with Crippen molar-refractivity contribution < 1.29 is 9.59 Å². The Kier molecular flexibility index (Phi) is 8.05. The van der Waals surface area contributed by atoms with Crippen LogP contribution in [0.3, 0.4) is 0 Å². The molecule has 0 saturated carbocycles. The summed E-state index contributed by atoms with van der Waals surface area (Å²) < 4.78 is 1.91. The summed E-state index contributed by atoms with van der Waals surface area (Å²) in [6.45, 7) is 9.14. The highest BCUT2D eigenvalue weighted by molar-refractivity contribution is 7.99. The van der Waals surface area contributed by atoms with Gasteiger partial charge in [-0.3, -0.25) is 9.59 Å². The molecule has 0 unspecified atom stereocenters. The summed E-state index contributed by atoms with van der Waals surface area (Å²) in [4.78, 5) is 24.7. The summed E-state index contributed by atoms with van der Waals surface area (Å²) in [5, 5.41) is 14.8. The van der Waals surface area contributed by atoms with E-state index in [0.717, 1.165) is 11.3 Å². The zero-order valence-corrected chi connectivity index (χ0v) is 19.7. The van der Waals surface area contributed by atoms with Crippen LogP contribution in [0.1, 0.15) is 54.0 Å². The molecule has 0 saturated heterocycles. The van der Waals surface area contributed by atoms with Crippen molar-refractivity contribution in [1.29, 1.82) is 0 Å². The number of nitrogens with one attached hydrogen (secondary N) is 2. The summed E-state index contributed by atoms with van der Waals surface area (Å²) in [5.74, 6) is 1.06. The Balaban J connectivity index is 1.54. The van der Waals surface area contributed by atoms with Crippen LogP contribution in [0.4, 0.5) is 5.69 Å². The van der Waals surface area contributed by atoms with Crippen LogP contribution in [0.25, 0.3) is 0 Å². The highest BCUT2D eigenvalue weighted by Crippen LogP contribution is 2.20. The lowest BCUT2D eigenvalue weighted by Crippen LogP contribution is -2.24. The minimum absolute atomic E-state index is 0.104. The van der Waals surface area contributed by atoms with E-state index in [1.807, 2.05) is 54.8 Å². The molecular formula is C24H29N5O2S. The molecule has 1 heterocycles. The predicted octanol–water partition coefficient (Wildman–Crippen LogP) is 4.39. The van der Waals surface area contributed by atoms with E-state index >= 15 is 0 Å². The van der Waals surface area contributed by atoms with Crippen molar-refractivity contribution in [3.8, 4) is 0 Å². The van der Waals surface area contributed by atoms with Gasteiger partial charge in [0.05, 0.1) is 12.3 Å². The number of hydrogen-bond donors (Lipinski definition) is 2. The number of carbonyl (C=O) groups is 2. The van der Waals surface area contributed by atoms with Gasteiger partial charge in [0, 0.05) is 17.8 Å². The molecule has 0 fully saturated rings. The van der Waals surface area contributed by atoms with Gasteiger partial charge < -0.3 is 15.2 Å². The fraction of sp³-hybridized carbons (Fsp3) is 0.333. The SMILES string of the molecule is CCn1c(CNC(=O)c2ccc(C)cc2)nnc1SCC(=O)Nc1ccc(C(C)C)cc1. The molecule has 0 aliphatic rings. The third kappa shape index (κ3) is 6.20. The van der Waals surface area contributed by atoms with E-state index in [9.17, 15) is 9.59 Å². The Morgan fingerprint density at radius 1 is 1.03 bits per heavy atom. The lowest BCUT2D eigenvalue weighted by atomic mass is 10.0. The van der Waals surface area contributed by atoms with Gasteiger partial charge >= 0.3 is 0 Å². The van der Waals surface area contributed by atoms with Gasteiger partial charge in [0.25, 0.3) is 5.91 Å². The van der Waals surface area contributed by atoms with Crippen molar-refractivity contribution in [1.82, 2.24) is 20.1 Å². The Morgan fingerprint density at radius 3 is 2.34 bits per heavy atom. The van der Waals surface area contributed by atoms with Crippen LogP contribution in [0, 0.1) is 6.92 Å². The third-order valence-corrected chi connectivity index (χ3v) is 5.99. The summed E-state index contributed by atoms with van der Waals surface area (Å²) in [7, 11) is 0. The van der Waals surface area contributed by atoms with Gasteiger partial charge in [-0.25, -0.2) is 0 Å². The number of anilines is 1. The molecule has 3 rings (SSSR count). The molecule has 8 heteroatoms. The number of rotatable bonds is 9. The van der Waals surface area contributed by atoms with Crippen LogP contribution in [0.15, 0.2) is 53.7 Å². The third-order valence-electron chi connectivity index (χ3n) is 5.02. The number of carbonyl (C=O) groups excluding carboxylic acids is 2. The number of benzene rings is 2. The molecule has 0 atom stereocenters. The summed E-state index contributed by atoms with van der Waals surface area (Å²) in [6.07, 6.45) is 0. The topological polar surface area (TPSA) is 88.9 Å². The van der Waals surface area contributed by atoms with Crippen molar-refractivity contribution in [2.75, 3.05) is 11.1 Å². The molecule has 2 amide bonds. The fourth-order valence-corrected chi connectivity index (χ4v) is 3.94. The Morgan fingerprint density at radius 2 is 1.72 bits per heavy atom. The number of amides is 2. The highest BCUT2D eigenvalue weighted by Gasteiger charge is 2.15. The first kappa shape index (κ1) is 23.5. The monoisotopic (exact) mass is 451 g/mol. The molecular weight excluding hydrogens is 422 g/mol. The standard InChI is InChI=1S/C24H29N5O2S/c1-5-29-21(14-25-23(31)19-8-6-17(4)7-9-19)27-28-24(29)32-15-22(30)26-20-12-10-18(11-13-20)16(2)3/h6-13,16H,5,14-15H2,1-4H3,(H,25,31)(H,26,30). The number of thioether (sulfide) groups is 1. The predicted molar refractivity (Wildman–Crippen MR) is 128 cm³/mol. The Bertz CT molecular complexity index is 1060. The fourth-order valence-electron chi connectivity index (χ4n) is 3.12. The van der Waals surface area contributed by atoms with Gasteiger partial charge in [-0.05, 0) is 49.6 Å².